The van der Waals surface area contributed by atoms with Gasteiger partial charge < -0.3 is 13.6 Å². The highest BCUT2D eigenvalue weighted by Crippen LogP contribution is 2.28. The number of carbonyl (C=O) groups excluding carboxylic acids is 1. The third-order valence-electron chi connectivity index (χ3n) is 4.02. The second-order valence-electron chi connectivity index (χ2n) is 5.89. The van der Waals surface area contributed by atoms with Gasteiger partial charge in [0, 0.05) is 5.39 Å². The summed E-state index contributed by atoms with van der Waals surface area (Å²) in [6, 6.07) is 17.0. The molecule has 4 rings (SSSR count). The molecule has 124 valence electrons. The second kappa shape index (κ2) is 6.32. The van der Waals surface area contributed by atoms with Gasteiger partial charge in [-0.05, 0) is 42.8 Å². The topological polar surface area (TPSA) is 52.6 Å². The Kier molecular flexibility index (Phi) is 3.86. The number of hydrogen-bond donors (Lipinski definition) is 0. The molecule has 2 aromatic heterocycles. The lowest BCUT2D eigenvalue weighted by atomic mass is 10.1. The summed E-state index contributed by atoms with van der Waals surface area (Å²) in [6.07, 6.45) is 2.94. The summed E-state index contributed by atoms with van der Waals surface area (Å²) < 4.78 is 16.5. The number of rotatable bonds is 5. The van der Waals surface area contributed by atoms with Crippen molar-refractivity contribution in [1.29, 1.82) is 0 Å². The van der Waals surface area contributed by atoms with Gasteiger partial charge in [-0.15, -0.1) is 0 Å². The minimum Gasteiger partial charge on any atom is -0.489 e. The van der Waals surface area contributed by atoms with Gasteiger partial charge >= 0.3 is 0 Å². The molecular formula is C21H16O4. The Hall–Kier alpha value is -3.27. The molecule has 4 nitrogen and oxygen atoms in total. The van der Waals surface area contributed by atoms with Crippen molar-refractivity contribution in [3.8, 4) is 5.75 Å². The number of fused-ring (bicyclic) bond motifs is 1. The molecule has 0 amide bonds. The van der Waals surface area contributed by atoms with Crippen LogP contribution in [0, 0.1) is 6.92 Å². The predicted molar refractivity (Wildman–Crippen MR) is 93.9 cm³/mol. The molecule has 25 heavy (non-hydrogen) atoms. The van der Waals surface area contributed by atoms with Crippen molar-refractivity contribution in [3.63, 3.8) is 0 Å². The van der Waals surface area contributed by atoms with E-state index in [-0.39, 0.29) is 11.5 Å². The van der Waals surface area contributed by atoms with E-state index in [2.05, 4.69) is 6.07 Å². The molecular weight excluding hydrogens is 316 g/mol. The molecule has 0 spiro atoms. The van der Waals surface area contributed by atoms with Crippen LogP contribution in [-0.4, -0.2) is 5.78 Å². The molecule has 2 heterocycles. The van der Waals surface area contributed by atoms with Gasteiger partial charge in [-0.25, -0.2) is 0 Å². The Morgan fingerprint density at radius 2 is 1.96 bits per heavy atom. The largest absolute Gasteiger partial charge is 0.489 e. The van der Waals surface area contributed by atoms with Crippen LogP contribution in [0.3, 0.4) is 0 Å². The SMILES string of the molecule is Cc1cccc(COc2ccc3occ(C(=O)c4ccco4)c3c2)c1. The molecule has 0 aliphatic carbocycles. The Labute approximate surface area is 144 Å². The monoisotopic (exact) mass is 332 g/mol. The van der Waals surface area contributed by atoms with E-state index in [1.54, 1.807) is 18.2 Å². The fraction of sp³-hybridized carbons (Fsp3) is 0.0952. The molecule has 0 aliphatic heterocycles. The summed E-state index contributed by atoms with van der Waals surface area (Å²) >= 11 is 0. The van der Waals surface area contributed by atoms with Crippen LogP contribution in [0.15, 0.2) is 76.0 Å². The van der Waals surface area contributed by atoms with E-state index in [4.69, 9.17) is 13.6 Å². The first-order valence-corrected chi connectivity index (χ1v) is 7.98. The van der Waals surface area contributed by atoms with Crippen molar-refractivity contribution in [2.75, 3.05) is 0 Å². The van der Waals surface area contributed by atoms with Gasteiger partial charge in [0.15, 0.2) is 5.76 Å². The van der Waals surface area contributed by atoms with E-state index in [1.807, 2.05) is 37.3 Å². The minimum atomic E-state index is -0.209. The Bertz CT molecular complexity index is 1030. The molecule has 0 radical (unpaired) electrons. The minimum absolute atomic E-state index is 0.209. The van der Waals surface area contributed by atoms with Gasteiger partial charge in [0.25, 0.3) is 0 Å². The van der Waals surface area contributed by atoms with E-state index in [1.165, 1.54) is 18.1 Å². The highest BCUT2D eigenvalue weighted by molar-refractivity contribution is 6.14. The van der Waals surface area contributed by atoms with E-state index < -0.39 is 0 Å². The van der Waals surface area contributed by atoms with Gasteiger partial charge in [-0.2, -0.15) is 0 Å². The van der Waals surface area contributed by atoms with Gasteiger partial charge in [-0.3, -0.25) is 4.79 Å². The number of aryl methyl sites for hydroxylation is 1. The fourth-order valence-electron chi connectivity index (χ4n) is 2.78. The zero-order valence-electron chi connectivity index (χ0n) is 13.7. The second-order valence-corrected chi connectivity index (χ2v) is 5.89. The number of ketones is 1. The lowest BCUT2D eigenvalue weighted by Gasteiger charge is -2.07. The van der Waals surface area contributed by atoms with Crippen molar-refractivity contribution in [2.24, 2.45) is 0 Å². The highest BCUT2D eigenvalue weighted by Gasteiger charge is 2.18. The Morgan fingerprint density at radius 1 is 1.04 bits per heavy atom. The maximum absolute atomic E-state index is 12.5. The first-order valence-electron chi connectivity index (χ1n) is 7.98. The van der Waals surface area contributed by atoms with Gasteiger partial charge in [0.05, 0.1) is 11.8 Å². The van der Waals surface area contributed by atoms with Gasteiger partial charge in [0.1, 0.15) is 24.2 Å². The summed E-state index contributed by atoms with van der Waals surface area (Å²) in [6.45, 7) is 2.51. The summed E-state index contributed by atoms with van der Waals surface area (Å²) in [5.74, 6) is 0.761. The molecule has 0 aliphatic rings. The molecule has 2 aromatic carbocycles. The molecule has 0 fully saturated rings. The average Bonchev–Trinajstić information content (AvgIpc) is 3.29. The van der Waals surface area contributed by atoms with Crippen molar-refractivity contribution >= 4 is 16.8 Å². The van der Waals surface area contributed by atoms with E-state index >= 15 is 0 Å². The number of ether oxygens (including phenoxy) is 1. The molecule has 0 saturated heterocycles. The van der Waals surface area contributed by atoms with Crippen LogP contribution in [-0.2, 0) is 6.61 Å². The molecule has 4 heteroatoms. The standard InChI is InChI=1S/C21H16O4/c1-14-4-2-5-15(10-14)12-24-16-7-8-19-17(11-16)18(13-25-19)21(22)20-6-3-9-23-20/h2-11,13H,12H2,1H3. The number of benzene rings is 2. The zero-order valence-corrected chi connectivity index (χ0v) is 13.7. The van der Waals surface area contributed by atoms with E-state index in [0.717, 1.165) is 5.56 Å². The third kappa shape index (κ3) is 3.06. The third-order valence-corrected chi connectivity index (χ3v) is 4.02. The van der Waals surface area contributed by atoms with Gasteiger partial charge in [-0.1, -0.05) is 29.8 Å². The van der Waals surface area contributed by atoms with Crippen LogP contribution >= 0.6 is 0 Å². The fourth-order valence-corrected chi connectivity index (χ4v) is 2.78. The quantitative estimate of drug-likeness (QED) is 0.475. The molecule has 0 bridgehead atoms. The molecule has 0 unspecified atom stereocenters. The Morgan fingerprint density at radius 3 is 2.76 bits per heavy atom. The molecule has 0 atom stereocenters. The summed E-state index contributed by atoms with van der Waals surface area (Å²) in [5.41, 5.74) is 3.39. The van der Waals surface area contributed by atoms with Crippen LogP contribution in [0.1, 0.15) is 27.2 Å². The molecule has 4 aromatic rings. The van der Waals surface area contributed by atoms with Crippen LogP contribution in [0.5, 0.6) is 5.75 Å². The Balaban J connectivity index is 1.61. The number of furan rings is 2. The normalized spacial score (nSPS) is 10.9. The van der Waals surface area contributed by atoms with Crippen LogP contribution in [0.2, 0.25) is 0 Å². The van der Waals surface area contributed by atoms with E-state index in [0.29, 0.717) is 28.9 Å². The van der Waals surface area contributed by atoms with Crippen LogP contribution in [0.4, 0.5) is 0 Å². The lowest BCUT2D eigenvalue weighted by Crippen LogP contribution is -1.99. The number of carbonyl (C=O) groups is 1. The van der Waals surface area contributed by atoms with Crippen molar-refractivity contribution in [2.45, 2.75) is 13.5 Å². The zero-order chi connectivity index (χ0) is 17.2. The van der Waals surface area contributed by atoms with Crippen molar-refractivity contribution in [1.82, 2.24) is 0 Å². The molecule has 0 saturated carbocycles. The first kappa shape index (κ1) is 15.3. The highest BCUT2D eigenvalue weighted by atomic mass is 16.5. The summed E-state index contributed by atoms with van der Waals surface area (Å²) in [5, 5.41) is 0.711. The van der Waals surface area contributed by atoms with E-state index in [9.17, 15) is 4.79 Å². The number of hydrogen-bond acceptors (Lipinski definition) is 4. The van der Waals surface area contributed by atoms with Gasteiger partial charge in [0.2, 0.25) is 5.78 Å². The lowest BCUT2D eigenvalue weighted by molar-refractivity contribution is 0.101. The average molecular weight is 332 g/mol. The van der Waals surface area contributed by atoms with Crippen LogP contribution in [0.25, 0.3) is 11.0 Å². The maximum atomic E-state index is 12.5. The van der Waals surface area contributed by atoms with Crippen molar-refractivity contribution in [3.05, 3.63) is 89.6 Å². The summed E-state index contributed by atoms with van der Waals surface area (Å²) in [4.78, 5) is 12.5. The van der Waals surface area contributed by atoms with Crippen molar-refractivity contribution < 1.29 is 18.4 Å². The smallest absolute Gasteiger partial charge is 0.232 e. The maximum Gasteiger partial charge on any atom is 0.232 e. The first-order chi connectivity index (χ1) is 12.2. The molecule has 0 N–H and O–H groups in total. The van der Waals surface area contributed by atoms with Crippen LogP contribution < -0.4 is 4.74 Å². The summed E-state index contributed by atoms with van der Waals surface area (Å²) in [7, 11) is 0. The predicted octanol–water partition coefficient (Wildman–Crippen LogP) is 5.14.